The zero-order chi connectivity index (χ0) is 10.9. The van der Waals surface area contributed by atoms with Gasteiger partial charge in [-0.3, -0.25) is 0 Å². The maximum absolute atomic E-state index is 6.44. The summed E-state index contributed by atoms with van der Waals surface area (Å²) in [5.41, 5.74) is 6.48. The zero-order valence-electron chi connectivity index (χ0n) is 10.2. The Morgan fingerprint density at radius 1 is 1.27 bits per heavy atom. The predicted octanol–water partition coefficient (Wildman–Crippen LogP) is 2.71. The molecule has 2 heteroatoms. The van der Waals surface area contributed by atoms with Crippen LogP contribution in [0.4, 0.5) is 0 Å². The number of ether oxygens (including phenoxy) is 1. The Morgan fingerprint density at radius 3 is 2.47 bits per heavy atom. The van der Waals surface area contributed by atoms with Crippen LogP contribution >= 0.6 is 0 Å². The third kappa shape index (κ3) is 2.07. The molecule has 3 atom stereocenters. The van der Waals surface area contributed by atoms with Crippen LogP contribution in [0.3, 0.4) is 0 Å². The van der Waals surface area contributed by atoms with E-state index in [1.165, 1.54) is 44.9 Å². The zero-order valence-corrected chi connectivity index (χ0v) is 10.2. The monoisotopic (exact) mass is 211 g/mol. The van der Waals surface area contributed by atoms with Crippen molar-refractivity contribution >= 4 is 0 Å². The van der Waals surface area contributed by atoms with E-state index in [0.717, 1.165) is 5.92 Å². The van der Waals surface area contributed by atoms with Crippen molar-refractivity contribution in [1.29, 1.82) is 0 Å². The Labute approximate surface area is 93.6 Å². The average molecular weight is 211 g/mol. The van der Waals surface area contributed by atoms with Gasteiger partial charge < -0.3 is 10.5 Å². The molecule has 0 radical (unpaired) electrons. The molecule has 0 heterocycles. The summed E-state index contributed by atoms with van der Waals surface area (Å²) in [6, 6.07) is 0.277. The fourth-order valence-corrected chi connectivity index (χ4v) is 3.44. The maximum Gasteiger partial charge on any atom is 0.0831 e. The minimum atomic E-state index is 0.0434. The van der Waals surface area contributed by atoms with Gasteiger partial charge in [-0.1, -0.05) is 19.8 Å². The number of rotatable bonds is 3. The number of hydrogen-bond acceptors (Lipinski definition) is 2. The molecule has 0 aromatic heterocycles. The number of methoxy groups -OCH3 is 1. The summed E-state index contributed by atoms with van der Waals surface area (Å²) in [6.07, 6.45) is 9.03. The quantitative estimate of drug-likeness (QED) is 0.779. The van der Waals surface area contributed by atoms with E-state index in [2.05, 4.69) is 6.92 Å². The second-order valence-corrected chi connectivity index (χ2v) is 5.68. The second kappa shape index (κ2) is 4.42. The molecular formula is C13H25NO. The Kier molecular flexibility index (Phi) is 3.36. The van der Waals surface area contributed by atoms with Gasteiger partial charge >= 0.3 is 0 Å². The van der Waals surface area contributed by atoms with Crippen molar-refractivity contribution < 1.29 is 4.74 Å². The average Bonchev–Trinajstić information content (AvgIpc) is 2.17. The maximum atomic E-state index is 6.44. The summed E-state index contributed by atoms with van der Waals surface area (Å²) in [6.45, 7) is 2.36. The Morgan fingerprint density at radius 2 is 2.00 bits per heavy atom. The van der Waals surface area contributed by atoms with Gasteiger partial charge in [-0.05, 0) is 43.9 Å². The third-order valence-electron chi connectivity index (χ3n) is 4.70. The first-order chi connectivity index (χ1) is 7.18. The van der Waals surface area contributed by atoms with E-state index in [4.69, 9.17) is 10.5 Å². The Bertz CT molecular complexity index is 207. The lowest BCUT2D eigenvalue weighted by molar-refractivity contribution is -0.106. The summed E-state index contributed by atoms with van der Waals surface area (Å²) in [4.78, 5) is 0. The summed E-state index contributed by atoms with van der Waals surface area (Å²) in [7, 11) is 1.84. The molecule has 2 aliphatic rings. The van der Waals surface area contributed by atoms with Crippen molar-refractivity contribution in [2.45, 2.75) is 63.5 Å². The van der Waals surface area contributed by atoms with Gasteiger partial charge in [-0.15, -0.1) is 0 Å². The molecule has 2 N–H and O–H groups in total. The van der Waals surface area contributed by atoms with E-state index in [9.17, 15) is 0 Å². The summed E-state index contributed by atoms with van der Waals surface area (Å²) < 4.78 is 5.70. The summed E-state index contributed by atoms with van der Waals surface area (Å²) >= 11 is 0. The van der Waals surface area contributed by atoms with E-state index in [1.54, 1.807) is 0 Å². The van der Waals surface area contributed by atoms with E-state index >= 15 is 0 Å². The Hall–Kier alpha value is -0.0800. The topological polar surface area (TPSA) is 35.2 Å². The van der Waals surface area contributed by atoms with Crippen molar-refractivity contribution in [2.75, 3.05) is 7.11 Å². The van der Waals surface area contributed by atoms with Crippen LogP contribution in [0.1, 0.15) is 51.9 Å². The van der Waals surface area contributed by atoms with E-state index < -0.39 is 0 Å². The minimum absolute atomic E-state index is 0.0434. The highest BCUT2D eigenvalue weighted by molar-refractivity contribution is 5.01. The van der Waals surface area contributed by atoms with Gasteiger partial charge in [0.1, 0.15) is 0 Å². The molecule has 3 unspecified atom stereocenters. The molecule has 0 amide bonds. The smallest absolute Gasteiger partial charge is 0.0831 e. The standard InChI is InChI=1S/C13H25NO/c1-10-5-3-6-11(9-10)12(14)13(15-2)7-4-8-13/h10-12H,3-9,14H2,1-2H3. The lowest BCUT2D eigenvalue weighted by atomic mass is 9.66. The van der Waals surface area contributed by atoms with Crippen LogP contribution in [0.25, 0.3) is 0 Å². The number of nitrogens with two attached hydrogens (primary N) is 1. The SMILES string of the molecule is COC1(C(N)C2CCCC(C)C2)CCC1. The molecular weight excluding hydrogens is 186 g/mol. The first kappa shape index (κ1) is 11.4. The molecule has 15 heavy (non-hydrogen) atoms. The first-order valence-electron chi connectivity index (χ1n) is 6.49. The molecule has 2 nitrogen and oxygen atoms in total. The number of hydrogen-bond donors (Lipinski definition) is 1. The van der Waals surface area contributed by atoms with Crippen molar-refractivity contribution in [3.05, 3.63) is 0 Å². The molecule has 0 saturated heterocycles. The lowest BCUT2D eigenvalue weighted by Crippen LogP contribution is -2.58. The minimum Gasteiger partial charge on any atom is -0.377 e. The van der Waals surface area contributed by atoms with Crippen LogP contribution in [0.15, 0.2) is 0 Å². The van der Waals surface area contributed by atoms with Crippen molar-refractivity contribution in [2.24, 2.45) is 17.6 Å². The molecule has 0 bridgehead atoms. The highest BCUT2D eigenvalue weighted by atomic mass is 16.5. The highest BCUT2D eigenvalue weighted by Crippen LogP contribution is 2.43. The largest absolute Gasteiger partial charge is 0.377 e. The molecule has 2 rings (SSSR count). The van der Waals surface area contributed by atoms with E-state index in [1.807, 2.05) is 7.11 Å². The van der Waals surface area contributed by atoms with Gasteiger partial charge in [-0.25, -0.2) is 0 Å². The molecule has 0 aromatic rings. The van der Waals surface area contributed by atoms with Gasteiger partial charge in [0, 0.05) is 13.2 Å². The fourth-order valence-electron chi connectivity index (χ4n) is 3.44. The van der Waals surface area contributed by atoms with Crippen molar-refractivity contribution in [1.82, 2.24) is 0 Å². The molecule has 0 aliphatic heterocycles. The normalized spacial score (nSPS) is 37.0. The predicted molar refractivity (Wildman–Crippen MR) is 62.7 cm³/mol. The van der Waals surface area contributed by atoms with Crippen molar-refractivity contribution in [3.63, 3.8) is 0 Å². The van der Waals surface area contributed by atoms with Crippen LogP contribution in [0, 0.1) is 11.8 Å². The fraction of sp³-hybridized carbons (Fsp3) is 1.00. The van der Waals surface area contributed by atoms with Gasteiger partial charge in [0.25, 0.3) is 0 Å². The molecule has 88 valence electrons. The summed E-state index contributed by atoms with van der Waals surface area (Å²) in [5, 5.41) is 0. The molecule has 2 saturated carbocycles. The first-order valence-corrected chi connectivity index (χ1v) is 6.49. The van der Waals surface area contributed by atoms with Gasteiger partial charge in [0.05, 0.1) is 5.60 Å². The van der Waals surface area contributed by atoms with Crippen LogP contribution in [0.5, 0.6) is 0 Å². The molecule has 0 aromatic carbocycles. The lowest BCUT2D eigenvalue weighted by Gasteiger charge is -2.49. The molecule has 2 fully saturated rings. The summed E-state index contributed by atoms with van der Waals surface area (Å²) in [5.74, 6) is 1.57. The van der Waals surface area contributed by atoms with E-state index in [0.29, 0.717) is 5.92 Å². The van der Waals surface area contributed by atoms with Crippen LogP contribution in [-0.4, -0.2) is 18.8 Å². The van der Waals surface area contributed by atoms with Crippen LogP contribution in [0.2, 0.25) is 0 Å². The van der Waals surface area contributed by atoms with Gasteiger partial charge in [0.2, 0.25) is 0 Å². The van der Waals surface area contributed by atoms with Gasteiger partial charge in [0.15, 0.2) is 0 Å². The third-order valence-corrected chi connectivity index (χ3v) is 4.70. The second-order valence-electron chi connectivity index (χ2n) is 5.68. The molecule has 0 spiro atoms. The van der Waals surface area contributed by atoms with Crippen LogP contribution in [-0.2, 0) is 4.74 Å². The van der Waals surface area contributed by atoms with Crippen molar-refractivity contribution in [3.8, 4) is 0 Å². The van der Waals surface area contributed by atoms with E-state index in [-0.39, 0.29) is 11.6 Å². The molecule has 2 aliphatic carbocycles. The van der Waals surface area contributed by atoms with Gasteiger partial charge in [-0.2, -0.15) is 0 Å². The highest BCUT2D eigenvalue weighted by Gasteiger charge is 2.46. The Balaban J connectivity index is 1.96. The van der Waals surface area contributed by atoms with Crippen LogP contribution < -0.4 is 5.73 Å².